The lowest BCUT2D eigenvalue weighted by molar-refractivity contribution is 0.0659. The largest absolute Gasteiger partial charge is 0.387 e. The van der Waals surface area contributed by atoms with E-state index in [1.807, 2.05) is 42.5 Å². The highest BCUT2D eigenvalue weighted by Crippen LogP contribution is 2.33. The molecule has 7 heteroatoms. The summed E-state index contributed by atoms with van der Waals surface area (Å²) in [6, 6.07) is 14.9. The van der Waals surface area contributed by atoms with E-state index in [4.69, 9.17) is 0 Å². The normalized spacial score (nSPS) is 17.0. The van der Waals surface area contributed by atoms with Gasteiger partial charge < -0.3 is 10.2 Å². The van der Waals surface area contributed by atoms with Crippen LogP contribution in [0.15, 0.2) is 48.5 Å². The first-order valence-corrected chi connectivity index (χ1v) is 10.2. The van der Waals surface area contributed by atoms with Gasteiger partial charge >= 0.3 is 0 Å². The fourth-order valence-corrected chi connectivity index (χ4v) is 5.50. The molecular weight excluding hydrogens is 350 g/mol. The molecule has 1 N–H and O–H groups in total. The SMILES string of the molecule is CNc1ccccc1C(=O)N1CC(S(=O)(=O)N2CCc3ccccc32)C1. The molecule has 0 spiro atoms. The summed E-state index contributed by atoms with van der Waals surface area (Å²) in [5.74, 6) is -0.136. The Morgan fingerprint density at radius 2 is 1.77 bits per heavy atom. The maximum Gasteiger partial charge on any atom is 0.256 e. The molecule has 6 nitrogen and oxygen atoms in total. The topological polar surface area (TPSA) is 69.7 Å². The van der Waals surface area contributed by atoms with Crippen molar-refractivity contribution in [1.82, 2.24) is 4.90 Å². The number of hydrogen-bond donors (Lipinski definition) is 1. The zero-order valence-electron chi connectivity index (χ0n) is 14.6. The number of anilines is 2. The van der Waals surface area contributed by atoms with Crippen LogP contribution in [-0.4, -0.2) is 51.2 Å². The summed E-state index contributed by atoms with van der Waals surface area (Å²) in [7, 11) is -1.69. The van der Waals surface area contributed by atoms with Gasteiger partial charge in [-0.3, -0.25) is 9.10 Å². The van der Waals surface area contributed by atoms with E-state index in [0.717, 1.165) is 23.4 Å². The third-order valence-corrected chi connectivity index (χ3v) is 7.27. The first-order chi connectivity index (χ1) is 12.5. The molecule has 0 aliphatic carbocycles. The molecule has 26 heavy (non-hydrogen) atoms. The highest BCUT2D eigenvalue weighted by molar-refractivity contribution is 7.93. The van der Waals surface area contributed by atoms with E-state index in [0.29, 0.717) is 12.1 Å². The van der Waals surface area contributed by atoms with E-state index in [-0.39, 0.29) is 19.0 Å². The quantitative estimate of drug-likeness (QED) is 0.892. The Balaban J connectivity index is 1.49. The van der Waals surface area contributed by atoms with Gasteiger partial charge in [-0.15, -0.1) is 0 Å². The maximum absolute atomic E-state index is 13.0. The van der Waals surface area contributed by atoms with Crippen molar-refractivity contribution in [2.75, 3.05) is 36.3 Å². The predicted octanol–water partition coefficient (Wildman–Crippen LogP) is 1.95. The van der Waals surface area contributed by atoms with Crippen molar-refractivity contribution < 1.29 is 13.2 Å². The highest BCUT2D eigenvalue weighted by atomic mass is 32.2. The molecule has 1 amide bonds. The van der Waals surface area contributed by atoms with Crippen molar-refractivity contribution in [3.8, 4) is 0 Å². The van der Waals surface area contributed by atoms with E-state index in [2.05, 4.69) is 5.32 Å². The van der Waals surface area contributed by atoms with Gasteiger partial charge in [-0.25, -0.2) is 8.42 Å². The lowest BCUT2D eigenvalue weighted by atomic mass is 10.1. The number of amides is 1. The van der Waals surface area contributed by atoms with E-state index >= 15 is 0 Å². The number of rotatable bonds is 4. The lowest BCUT2D eigenvalue weighted by Crippen LogP contribution is -2.60. The van der Waals surface area contributed by atoms with Crippen LogP contribution in [0.3, 0.4) is 0 Å². The molecule has 1 saturated heterocycles. The van der Waals surface area contributed by atoms with Crippen molar-refractivity contribution in [1.29, 1.82) is 0 Å². The van der Waals surface area contributed by atoms with Crippen LogP contribution in [-0.2, 0) is 16.4 Å². The van der Waals surface area contributed by atoms with Crippen molar-refractivity contribution in [2.45, 2.75) is 11.7 Å². The number of nitrogens with zero attached hydrogens (tertiary/aromatic N) is 2. The Bertz CT molecular complexity index is 952. The zero-order valence-corrected chi connectivity index (χ0v) is 15.4. The van der Waals surface area contributed by atoms with Gasteiger partial charge in [0, 0.05) is 32.4 Å². The Hall–Kier alpha value is -2.54. The first kappa shape index (κ1) is 16.9. The molecule has 0 aromatic heterocycles. The van der Waals surface area contributed by atoms with E-state index in [1.54, 1.807) is 18.0 Å². The van der Waals surface area contributed by atoms with Crippen LogP contribution in [0.4, 0.5) is 11.4 Å². The molecule has 2 aromatic rings. The van der Waals surface area contributed by atoms with Crippen LogP contribution in [0.1, 0.15) is 15.9 Å². The number of carbonyl (C=O) groups excluding carboxylic acids is 1. The van der Waals surface area contributed by atoms with Crippen molar-refractivity contribution in [3.63, 3.8) is 0 Å². The molecule has 0 saturated carbocycles. The summed E-state index contributed by atoms with van der Waals surface area (Å²) < 4.78 is 27.5. The average molecular weight is 371 g/mol. The van der Waals surface area contributed by atoms with Crippen molar-refractivity contribution >= 4 is 27.3 Å². The number of para-hydroxylation sites is 2. The summed E-state index contributed by atoms with van der Waals surface area (Å²) in [5, 5.41) is 2.46. The molecule has 2 aliphatic rings. The number of fused-ring (bicyclic) bond motifs is 1. The minimum atomic E-state index is -3.46. The average Bonchev–Trinajstić information content (AvgIpc) is 3.05. The fraction of sp³-hybridized carbons (Fsp3) is 0.316. The van der Waals surface area contributed by atoms with Crippen LogP contribution in [0.5, 0.6) is 0 Å². The van der Waals surface area contributed by atoms with Crippen LogP contribution in [0.25, 0.3) is 0 Å². The van der Waals surface area contributed by atoms with Crippen molar-refractivity contribution in [2.24, 2.45) is 0 Å². The maximum atomic E-state index is 13.0. The molecule has 0 radical (unpaired) electrons. The molecule has 4 rings (SSSR count). The monoisotopic (exact) mass is 371 g/mol. The predicted molar refractivity (Wildman–Crippen MR) is 102 cm³/mol. The summed E-state index contributed by atoms with van der Waals surface area (Å²) in [5.41, 5.74) is 3.15. The minimum Gasteiger partial charge on any atom is -0.387 e. The second-order valence-electron chi connectivity index (χ2n) is 6.62. The van der Waals surface area contributed by atoms with Gasteiger partial charge in [0.25, 0.3) is 5.91 Å². The summed E-state index contributed by atoms with van der Waals surface area (Å²) in [6.07, 6.45) is 0.736. The number of sulfonamides is 1. The zero-order chi connectivity index (χ0) is 18.3. The second kappa shape index (κ2) is 6.32. The third-order valence-electron chi connectivity index (χ3n) is 5.14. The number of hydrogen-bond acceptors (Lipinski definition) is 4. The Morgan fingerprint density at radius 1 is 1.08 bits per heavy atom. The molecule has 0 atom stereocenters. The molecule has 0 bridgehead atoms. The van der Waals surface area contributed by atoms with Crippen LogP contribution >= 0.6 is 0 Å². The Morgan fingerprint density at radius 3 is 2.54 bits per heavy atom. The van der Waals surface area contributed by atoms with Gasteiger partial charge in [-0.05, 0) is 30.2 Å². The lowest BCUT2D eigenvalue weighted by Gasteiger charge is -2.40. The van der Waals surface area contributed by atoms with Gasteiger partial charge in [-0.1, -0.05) is 30.3 Å². The highest BCUT2D eigenvalue weighted by Gasteiger charge is 2.44. The minimum absolute atomic E-state index is 0.136. The van der Waals surface area contributed by atoms with Gasteiger partial charge in [0.2, 0.25) is 10.0 Å². The molecule has 2 aliphatic heterocycles. The van der Waals surface area contributed by atoms with Crippen LogP contribution < -0.4 is 9.62 Å². The number of nitrogens with one attached hydrogen (secondary N) is 1. The third kappa shape index (κ3) is 2.63. The first-order valence-electron chi connectivity index (χ1n) is 8.68. The van der Waals surface area contributed by atoms with Gasteiger partial charge in [0.1, 0.15) is 5.25 Å². The van der Waals surface area contributed by atoms with Gasteiger partial charge in [-0.2, -0.15) is 0 Å². The molecular formula is C19H21N3O3S. The second-order valence-corrected chi connectivity index (χ2v) is 8.76. The molecule has 136 valence electrons. The summed E-state index contributed by atoms with van der Waals surface area (Å²) >= 11 is 0. The van der Waals surface area contributed by atoms with E-state index < -0.39 is 15.3 Å². The number of carbonyl (C=O) groups is 1. The number of benzene rings is 2. The Labute approximate surface area is 153 Å². The van der Waals surface area contributed by atoms with Gasteiger partial charge in [0.05, 0.1) is 11.3 Å². The molecule has 0 unspecified atom stereocenters. The Kier molecular flexibility index (Phi) is 4.11. The fourth-order valence-electron chi connectivity index (χ4n) is 3.60. The summed E-state index contributed by atoms with van der Waals surface area (Å²) in [6.45, 7) is 0.949. The van der Waals surface area contributed by atoms with Crippen molar-refractivity contribution in [3.05, 3.63) is 59.7 Å². The van der Waals surface area contributed by atoms with Crippen LogP contribution in [0.2, 0.25) is 0 Å². The van der Waals surface area contributed by atoms with E-state index in [1.165, 1.54) is 4.31 Å². The van der Waals surface area contributed by atoms with Crippen LogP contribution in [0, 0.1) is 0 Å². The molecule has 2 aromatic carbocycles. The smallest absolute Gasteiger partial charge is 0.256 e. The standard InChI is InChI=1S/C19H21N3O3S/c1-20-17-8-4-3-7-16(17)19(23)21-12-15(13-21)26(24,25)22-11-10-14-6-2-5-9-18(14)22/h2-9,15,20H,10-13H2,1H3. The molecule has 2 heterocycles. The van der Waals surface area contributed by atoms with Gasteiger partial charge in [0.15, 0.2) is 0 Å². The molecule has 1 fully saturated rings. The number of likely N-dealkylation sites (tertiary alicyclic amines) is 1. The van der Waals surface area contributed by atoms with E-state index in [9.17, 15) is 13.2 Å². The summed E-state index contributed by atoms with van der Waals surface area (Å²) in [4.78, 5) is 14.3.